The second-order valence-corrected chi connectivity index (χ2v) is 4.08. The summed E-state index contributed by atoms with van der Waals surface area (Å²) < 4.78 is 0. The molecule has 0 N–H and O–H groups in total. The largest absolute Gasteiger partial charge is 0.354 e. The van der Waals surface area contributed by atoms with Crippen molar-refractivity contribution in [3.8, 4) is 0 Å². The third kappa shape index (κ3) is 1.99. The van der Waals surface area contributed by atoms with Crippen LogP contribution in [0.1, 0.15) is 41.0 Å². The molecular formula is C12H21N2. The van der Waals surface area contributed by atoms with Gasteiger partial charge in [-0.1, -0.05) is 20.8 Å². The Labute approximate surface area is 87.7 Å². The quantitative estimate of drug-likeness (QED) is 0.673. The predicted molar refractivity (Wildman–Crippen MR) is 61.2 cm³/mol. The van der Waals surface area contributed by atoms with Crippen LogP contribution in [0.4, 0.5) is 0 Å². The summed E-state index contributed by atoms with van der Waals surface area (Å²) in [7, 11) is 0. The number of nitrogens with zero attached hydrogens (tertiary/aromatic N) is 2. The Kier molecular flexibility index (Phi) is 3.73. The molecule has 1 aliphatic rings. The number of likely N-dealkylation sites (N-methyl/N-ethyl adjacent to an activating group) is 1. The van der Waals surface area contributed by atoms with E-state index < -0.39 is 0 Å². The fraction of sp³-hybridized carbons (Fsp3) is 0.750. The second kappa shape index (κ2) is 4.63. The van der Waals surface area contributed by atoms with Crippen LogP contribution in [0.15, 0.2) is 10.6 Å². The van der Waals surface area contributed by atoms with Crippen molar-refractivity contribution in [1.29, 1.82) is 0 Å². The van der Waals surface area contributed by atoms with E-state index in [2.05, 4.69) is 50.7 Å². The van der Waals surface area contributed by atoms with Gasteiger partial charge in [-0.25, -0.2) is 4.99 Å². The molecule has 0 fully saturated rings. The molecule has 0 aromatic carbocycles. The summed E-state index contributed by atoms with van der Waals surface area (Å²) in [5.74, 6) is 1.67. The van der Waals surface area contributed by atoms with Gasteiger partial charge in [0, 0.05) is 12.5 Å². The molecule has 0 spiro atoms. The Balaban J connectivity index is 2.94. The Hall–Kier alpha value is -0.790. The number of hydrogen-bond donors (Lipinski definition) is 0. The molecule has 0 amide bonds. The molecule has 0 aromatic heterocycles. The number of hydrogen-bond acceptors (Lipinski definition) is 2. The molecule has 1 radical (unpaired) electrons. The van der Waals surface area contributed by atoms with Crippen LogP contribution in [0.3, 0.4) is 0 Å². The van der Waals surface area contributed by atoms with Crippen LogP contribution in [-0.2, 0) is 0 Å². The SMILES string of the molecule is CCC1=[C]N=C(C(C)C)N(CC)C1C. The van der Waals surface area contributed by atoms with Crippen LogP contribution < -0.4 is 0 Å². The van der Waals surface area contributed by atoms with E-state index in [4.69, 9.17) is 0 Å². The molecule has 0 aliphatic carbocycles. The standard InChI is InChI=1S/C12H21N2/c1-6-11-8-13-12(9(3)4)14(7-2)10(11)5/h9-10H,6-7H2,1-5H3. The minimum absolute atomic E-state index is 0.472. The Morgan fingerprint density at radius 1 is 1.43 bits per heavy atom. The molecule has 0 bridgehead atoms. The Morgan fingerprint density at radius 3 is 2.50 bits per heavy atom. The van der Waals surface area contributed by atoms with Crippen molar-refractivity contribution >= 4 is 5.84 Å². The van der Waals surface area contributed by atoms with Crippen LogP contribution in [0.5, 0.6) is 0 Å². The zero-order valence-corrected chi connectivity index (χ0v) is 9.96. The van der Waals surface area contributed by atoms with Gasteiger partial charge in [-0.15, -0.1) is 0 Å². The van der Waals surface area contributed by atoms with Crippen molar-refractivity contribution in [2.24, 2.45) is 10.9 Å². The van der Waals surface area contributed by atoms with Gasteiger partial charge in [-0.3, -0.25) is 0 Å². The smallest absolute Gasteiger partial charge is 0.108 e. The summed E-state index contributed by atoms with van der Waals surface area (Å²) in [5, 5.41) is 0. The second-order valence-electron chi connectivity index (χ2n) is 4.08. The molecule has 0 aromatic rings. The zero-order chi connectivity index (χ0) is 10.7. The molecule has 1 rings (SSSR count). The molecular weight excluding hydrogens is 172 g/mol. The van der Waals surface area contributed by atoms with Crippen LogP contribution in [0.2, 0.25) is 0 Å². The van der Waals surface area contributed by atoms with Gasteiger partial charge in [0.05, 0.1) is 12.2 Å². The van der Waals surface area contributed by atoms with E-state index in [0.717, 1.165) is 13.0 Å². The molecule has 1 aliphatic heterocycles. The fourth-order valence-corrected chi connectivity index (χ4v) is 1.94. The molecule has 2 heteroatoms. The highest BCUT2D eigenvalue weighted by molar-refractivity contribution is 5.85. The topological polar surface area (TPSA) is 15.6 Å². The monoisotopic (exact) mass is 193 g/mol. The van der Waals surface area contributed by atoms with Crippen LogP contribution in [0, 0.1) is 12.1 Å². The van der Waals surface area contributed by atoms with Gasteiger partial charge < -0.3 is 4.90 Å². The molecule has 0 saturated heterocycles. The highest BCUT2D eigenvalue weighted by Gasteiger charge is 2.24. The Bertz CT molecular complexity index is 251. The summed E-state index contributed by atoms with van der Waals surface area (Å²) in [6.45, 7) is 12.0. The Morgan fingerprint density at radius 2 is 2.07 bits per heavy atom. The predicted octanol–water partition coefficient (Wildman–Crippen LogP) is 2.86. The van der Waals surface area contributed by atoms with Crippen molar-refractivity contribution in [2.45, 2.75) is 47.1 Å². The summed E-state index contributed by atoms with van der Waals surface area (Å²) in [4.78, 5) is 6.81. The van der Waals surface area contributed by atoms with Gasteiger partial charge in [-0.2, -0.15) is 0 Å². The first-order chi connectivity index (χ1) is 6.61. The lowest BCUT2D eigenvalue weighted by Gasteiger charge is -2.36. The third-order valence-corrected chi connectivity index (χ3v) is 2.82. The maximum absolute atomic E-state index is 4.44. The van der Waals surface area contributed by atoms with E-state index in [9.17, 15) is 0 Å². The maximum atomic E-state index is 4.44. The van der Waals surface area contributed by atoms with E-state index >= 15 is 0 Å². The van der Waals surface area contributed by atoms with Crippen molar-refractivity contribution in [3.05, 3.63) is 11.8 Å². The summed E-state index contributed by atoms with van der Waals surface area (Å²) in [5.41, 5.74) is 1.32. The third-order valence-electron chi connectivity index (χ3n) is 2.82. The van der Waals surface area contributed by atoms with Crippen molar-refractivity contribution in [3.63, 3.8) is 0 Å². The lowest BCUT2D eigenvalue weighted by molar-refractivity contribution is 0.352. The van der Waals surface area contributed by atoms with E-state index in [0.29, 0.717) is 12.0 Å². The van der Waals surface area contributed by atoms with E-state index in [-0.39, 0.29) is 0 Å². The molecule has 79 valence electrons. The van der Waals surface area contributed by atoms with Gasteiger partial charge in [0.1, 0.15) is 5.84 Å². The average molecular weight is 193 g/mol. The van der Waals surface area contributed by atoms with Gasteiger partial charge in [0.25, 0.3) is 0 Å². The lowest BCUT2D eigenvalue weighted by Crippen LogP contribution is -2.43. The van der Waals surface area contributed by atoms with Crippen LogP contribution >= 0.6 is 0 Å². The van der Waals surface area contributed by atoms with E-state index in [1.54, 1.807) is 0 Å². The van der Waals surface area contributed by atoms with Crippen molar-refractivity contribution in [2.75, 3.05) is 6.54 Å². The minimum atomic E-state index is 0.472. The first kappa shape index (κ1) is 11.3. The normalized spacial score (nSPS) is 22.4. The highest BCUT2D eigenvalue weighted by atomic mass is 15.2. The van der Waals surface area contributed by atoms with Crippen molar-refractivity contribution < 1.29 is 0 Å². The first-order valence-corrected chi connectivity index (χ1v) is 5.57. The van der Waals surface area contributed by atoms with Crippen molar-refractivity contribution in [1.82, 2.24) is 4.90 Å². The zero-order valence-electron chi connectivity index (χ0n) is 9.96. The summed E-state index contributed by atoms with van der Waals surface area (Å²) in [6, 6.07) is 0.472. The molecule has 2 nitrogen and oxygen atoms in total. The molecule has 14 heavy (non-hydrogen) atoms. The molecule has 1 heterocycles. The van der Waals surface area contributed by atoms with Gasteiger partial charge >= 0.3 is 0 Å². The number of rotatable bonds is 3. The van der Waals surface area contributed by atoms with Crippen LogP contribution in [-0.4, -0.2) is 23.3 Å². The number of amidine groups is 1. The van der Waals surface area contributed by atoms with Crippen LogP contribution in [0.25, 0.3) is 0 Å². The van der Waals surface area contributed by atoms with Gasteiger partial charge in [0.2, 0.25) is 0 Å². The first-order valence-electron chi connectivity index (χ1n) is 5.57. The summed E-state index contributed by atoms with van der Waals surface area (Å²) in [6.07, 6.45) is 4.23. The summed E-state index contributed by atoms with van der Waals surface area (Å²) >= 11 is 0. The lowest BCUT2D eigenvalue weighted by atomic mass is 10.0. The maximum Gasteiger partial charge on any atom is 0.108 e. The molecule has 1 unspecified atom stereocenters. The van der Waals surface area contributed by atoms with E-state index in [1.165, 1.54) is 11.4 Å². The molecule has 0 saturated carbocycles. The van der Waals surface area contributed by atoms with Gasteiger partial charge in [-0.05, 0) is 25.8 Å². The van der Waals surface area contributed by atoms with Gasteiger partial charge in [0.15, 0.2) is 0 Å². The fourth-order valence-electron chi connectivity index (χ4n) is 1.94. The number of aliphatic imine (C=N–C) groups is 1. The molecule has 1 atom stereocenters. The minimum Gasteiger partial charge on any atom is -0.354 e. The average Bonchev–Trinajstić information content (AvgIpc) is 2.17. The van der Waals surface area contributed by atoms with E-state index in [1.807, 2.05) is 0 Å². The highest BCUT2D eigenvalue weighted by Crippen LogP contribution is 2.21.